The molecule has 0 aliphatic carbocycles. The van der Waals surface area contributed by atoms with Gasteiger partial charge < -0.3 is 10.6 Å². The van der Waals surface area contributed by atoms with Crippen LogP contribution in [-0.2, 0) is 6.54 Å². The van der Waals surface area contributed by atoms with E-state index in [-0.39, 0.29) is 6.04 Å². The van der Waals surface area contributed by atoms with Crippen molar-refractivity contribution in [3.8, 4) is 0 Å². The topological polar surface area (TPSA) is 42.1 Å². The molecule has 0 bridgehead atoms. The number of benzene rings is 1. The lowest BCUT2D eigenvalue weighted by Crippen LogP contribution is -2.17. The van der Waals surface area contributed by atoms with Gasteiger partial charge in [-0.25, -0.2) is 0 Å². The summed E-state index contributed by atoms with van der Waals surface area (Å²) in [5.74, 6) is 0. The molecule has 1 aromatic carbocycles. The van der Waals surface area contributed by atoms with Gasteiger partial charge >= 0.3 is 0 Å². The van der Waals surface area contributed by atoms with E-state index < -0.39 is 0 Å². The van der Waals surface area contributed by atoms with Crippen LogP contribution >= 0.6 is 11.6 Å². The maximum atomic E-state index is 6.18. The zero-order chi connectivity index (χ0) is 14.5. The molecule has 0 amide bonds. The van der Waals surface area contributed by atoms with Crippen LogP contribution in [0.15, 0.2) is 42.6 Å². The summed E-state index contributed by atoms with van der Waals surface area (Å²) in [7, 11) is 2.03. The number of anilines is 1. The molecule has 0 saturated carbocycles. The number of hydrogen-bond acceptors (Lipinski definition) is 3. The summed E-state index contributed by atoms with van der Waals surface area (Å²) >= 11 is 6.18. The van der Waals surface area contributed by atoms with Gasteiger partial charge in [-0.15, -0.1) is 0 Å². The zero-order valence-electron chi connectivity index (χ0n) is 11.9. The molecule has 0 fully saturated rings. The first kappa shape index (κ1) is 14.8. The predicted molar refractivity (Wildman–Crippen MR) is 85.0 cm³/mol. The van der Waals surface area contributed by atoms with Gasteiger partial charge in [-0.3, -0.25) is 4.98 Å². The number of aromatic nitrogens is 1. The van der Waals surface area contributed by atoms with Gasteiger partial charge in [0.1, 0.15) is 0 Å². The molecule has 2 N–H and O–H groups in total. The van der Waals surface area contributed by atoms with E-state index in [0.29, 0.717) is 0 Å². The Bertz CT molecular complexity index is 554. The van der Waals surface area contributed by atoms with Crippen LogP contribution in [-0.4, -0.2) is 12.0 Å². The highest BCUT2D eigenvalue weighted by molar-refractivity contribution is 6.31. The summed E-state index contributed by atoms with van der Waals surface area (Å²) < 4.78 is 0. The van der Waals surface area contributed by atoms with Gasteiger partial charge in [0.15, 0.2) is 0 Å². The second kappa shape index (κ2) is 6.73. The maximum absolute atomic E-state index is 6.18. The Balaban J connectivity index is 2.10. The van der Waals surface area contributed by atoms with Crippen molar-refractivity contribution in [3.05, 3.63) is 58.9 Å². The molecule has 2 rings (SSSR count). The van der Waals surface area contributed by atoms with Crippen molar-refractivity contribution in [2.24, 2.45) is 5.73 Å². The number of pyridine rings is 1. The van der Waals surface area contributed by atoms with Gasteiger partial charge in [-0.1, -0.05) is 36.7 Å². The van der Waals surface area contributed by atoms with Crippen LogP contribution in [0.3, 0.4) is 0 Å². The predicted octanol–water partition coefficient (Wildman–Crippen LogP) is 3.78. The summed E-state index contributed by atoms with van der Waals surface area (Å²) in [5, 5.41) is 0.789. The second-order valence-corrected chi connectivity index (χ2v) is 5.31. The van der Waals surface area contributed by atoms with Gasteiger partial charge in [0.2, 0.25) is 0 Å². The van der Waals surface area contributed by atoms with E-state index in [1.54, 1.807) is 0 Å². The lowest BCUT2D eigenvalue weighted by Gasteiger charge is -2.20. The largest absolute Gasteiger partial charge is 0.369 e. The highest BCUT2D eigenvalue weighted by atomic mass is 35.5. The molecule has 4 heteroatoms. The summed E-state index contributed by atoms with van der Waals surface area (Å²) in [6.07, 6.45) is 2.75. The third kappa shape index (κ3) is 3.50. The van der Waals surface area contributed by atoms with Crippen molar-refractivity contribution in [3.63, 3.8) is 0 Å². The molecule has 3 nitrogen and oxygen atoms in total. The number of halogens is 1. The lowest BCUT2D eigenvalue weighted by atomic mass is 10.1. The third-order valence-electron chi connectivity index (χ3n) is 3.40. The Labute approximate surface area is 125 Å². The Morgan fingerprint density at radius 2 is 2.00 bits per heavy atom. The Morgan fingerprint density at radius 1 is 1.25 bits per heavy atom. The van der Waals surface area contributed by atoms with Crippen molar-refractivity contribution in [2.75, 3.05) is 11.9 Å². The van der Waals surface area contributed by atoms with E-state index in [4.69, 9.17) is 17.3 Å². The van der Waals surface area contributed by atoms with Crippen molar-refractivity contribution in [1.82, 2.24) is 4.98 Å². The molecule has 0 spiro atoms. The fourth-order valence-corrected chi connectivity index (χ4v) is 2.22. The molecule has 1 heterocycles. The molecule has 106 valence electrons. The average molecular weight is 290 g/mol. The van der Waals surface area contributed by atoms with E-state index in [1.807, 2.05) is 43.6 Å². The standard InChI is InChI=1S/C16H20ClN3/c1-3-15(18)16-9-8-13(10-19-16)20(2)11-12-6-4-5-7-14(12)17/h4-10,15H,3,11,18H2,1-2H3. The number of nitrogens with zero attached hydrogens (tertiary/aromatic N) is 2. The van der Waals surface area contributed by atoms with Gasteiger partial charge in [-0.05, 0) is 30.2 Å². The number of hydrogen-bond donors (Lipinski definition) is 1. The van der Waals surface area contributed by atoms with Gasteiger partial charge in [0, 0.05) is 24.7 Å². The van der Waals surface area contributed by atoms with Crippen molar-refractivity contribution < 1.29 is 0 Å². The molecule has 0 aliphatic heterocycles. The first-order valence-electron chi connectivity index (χ1n) is 6.78. The molecule has 0 radical (unpaired) electrons. The fraction of sp³-hybridized carbons (Fsp3) is 0.312. The highest BCUT2D eigenvalue weighted by Gasteiger charge is 2.08. The molecule has 0 aliphatic rings. The van der Waals surface area contributed by atoms with Crippen LogP contribution in [0.5, 0.6) is 0 Å². The minimum absolute atomic E-state index is 0.0120. The van der Waals surface area contributed by atoms with Crippen LogP contribution < -0.4 is 10.6 Å². The van der Waals surface area contributed by atoms with Crippen LogP contribution in [0.1, 0.15) is 30.6 Å². The third-order valence-corrected chi connectivity index (χ3v) is 3.77. The molecule has 1 atom stereocenters. The van der Waals surface area contributed by atoms with E-state index >= 15 is 0 Å². The second-order valence-electron chi connectivity index (χ2n) is 4.90. The molecular weight excluding hydrogens is 270 g/mol. The molecule has 0 saturated heterocycles. The van der Waals surface area contributed by atoms with Crippen LogP contribution in [0.2, 0.25) is 5.02 Å². The highest BCUT2D eigenvalue weighted by Crippen LogP contribution is 2.21. The SMILES string of the molecule is CCC(N)c1ccc(N(C)Cc2ccccc2Cl)cn1. The summed E-state index contributed by atoms with van der Waals surface area (Å²) in [5.41, 5.74) is 9.06. The maximum Gasteiger partial charge on any atom is 0.0572 e. The monoisotopic (exact) mass is 289 g/mol. The van der Waals surface area contributed by atoms with Crippen LogP contribution in [0, 0.1) is 0 Å². The minimum Gasteiger partial charge on any atom is -0.369 e. The van der Waals surface area contributed by atoms with Gasteiger partial charge in [0.25, 0.3) is 0 Å². The molecular formula is C16H20ClN3. The van der Waals surface area contributed by atoms with E-state index in [2.05, 4.69) is 22.9 Å². The van der Waals surface area contributed by atoms with Crippen molar-refractivity contribution in [1.29, 1.82) is 0 Å². The fourth-order valence-electron chi connectivity index (χ4n) is 2.03. The summed E-state index contributed by atoms with van der Waals surface area (Å²) in [4.78, 5) is 6.56. The number of rotatable bonds is 5. The summed E-state index contributed by atoms with van der Waals surface area (Å²) in [6, 6.07) is 11.9. The minimum atomic E-state index is 0.0120. The smallest absolute Gasteiger partial charge is 0.0572 e. The average Bonchev–Trinajstić information content (AvgIpc) is 2.49. The van der Waals surface area contributed by atoms with Crippen LogP contribution in [0.4, 0.5) is 5.69 Å². The summed E-state index contributed by atoms with van der Waals surface area (Å²) in [6.45, 7) is 2.81. The Hall–Kier alpha value is -1.58. The van der Waals surface area contributed by atoms with Crippen LogP contribution in [0.25, 0.3) is 0 Å². The Morgan fingerprint density at radius 3 is 2.60 bits per heavy atom. The molecule has 1 unspecified atom stereocenters. The molecule has 1 aromatic heterocycles. The normalized spacial score (nSPS) is 12.2. The number of nitrogens with two attached hydrogens (primary N) is 1. The Kier molecular flexibility index (Phi) is 4.99. The quantitative estimate of drug-likeness (QED) is 0.911. The molecule has 2 aromatic rings. The van der Waals surface area contributed by atoms with E-state index in [9.17, 15) is 0 Å². The van der Waals surface area contributed by atoms with Gasteiger partial charge in [0.05, 0.1) is 17.6 Å². The first-order chi connectivity index (χ1) is 9.61. The van der Waals surface area contributed by atoms with Crippen molar-refractivity contribution >= 4 is 17.3 Å². The molecule has 20 heavy (non-hydrogen) atoms. The van der Waals surface area contributed by atoms with Gasteiger partial charge in [-0.2, -0.15) is 0 Å². The lowest BCUT2D eigenvalue weighted by molar-refractivity contribution is 0.675. The van der Waals surface area contributed by atoms with E-state index in [1.165, 1.54) is 0 Å². The first-order valence-corrected chi connectivity index (χ1v) is 7.15. The van der Waals surface area contributed by atoms with Crippen molar-refractivity contribution in [2.45, 2.75) is 25.9 Å². The zero-order valence-corrected chi connectivity index (χ0v) is 12.6. The van der Waals surface area contributed by atoms with E-state index in [0.717, 1.165) is 34.9 Å².